The SMILES string of the molecule is CCOC(=O)/C=N\c1cccc(F)c1C(=O)OC. The third-order valence-electron chi connectivity index (χ3n) is 1.98. The molecule has 0 amide bonds. The van der Waals surface area contributed by atoms with E-state index in [1.165, 1.54) is 12.1 Å². The van der Waals surface area contributed by atoms with Crippen LogP contribution in [0.1, 0.15) is 17.3 Å². The van der Waals surface area contributed by atoms with Crippen LogP contribution >= 0.6 is 0 Å². The number of esters is 2. The predicted octanol–water partition coefficient (Wildman–Crippen LogP) is 1.88. The van der Waals surface area contributed by atoms with E-state index in [1.54, 1.807) is 6.92 Å². The van der Waals surface area contributed by atoms with Gasteiger partial charge in [-0.15, -0.1) is 0 Å². The Morgan fingerprint density at radius 3 is 2.78 bits per heavy atom. The highest BCUT2D eigenvalue weighted by molar-refractivity contribution is 6.24. The molecule has 18 heavy (non-hydrogen) atoms. The molecule has 0 heterocycles. The Kier molecular flexibility index (Phi) is 4.98. The first-order valence-corrected chi connectivity index (χ1v) is 5.17. The Labute approximate surface area is 103 Å². The number of hydrogen-bond donors (Lipinski definition) is 0. The average molecular weight is 253 g/mol. The van der Waals surface area contributed by atoms with Crippen LogP contribution < -0.4 is 0 Å². The van der Waals surface area contributed by atoms with E-state index >= 15 is 0 Å². The van der Waals surface area contributed by atoms with Gasteiger partial charge in [0.25, 0.3) is 0 Å². The van der Waals surface area contributed by atoms with Crippen molar-refractivity contribution >= 4 is 23.8 Å². The molecule has 96 valence electrons. The molecule has 0 spiro atoms. The fourth-order valence-corrected chi connectivity index (χ4v) is 1.23. The van der Waals surface area contributed by atoms with Gasteiger partial charge < -0.3 is 9.47 Å². The Morgan fingerprint density at radius 2 is 2.17 bits per heavy atom. The van der Waals surface area contributed by atoms with Crippen molar-refractivity contribution in [3.63, 3.8) is 0 Å². The average Bonchev–Trinajstić information content (AvgIpc) is 2.36. The van der Waals surface area contributed by atoms with E-state index in [0.29, 0.717) is 0 Å². The molecule has 0 aliphatic rings. The molecule has 0 N–H and O–H groups in total. The Hall–Kier alpha value is -2.24. The number of nitrogens with zero attached hydrogens (tertiary/aromatic N) is 1. The second kappa shape index (κ2) is 6.48. The van der Waals surface area contributed by atoms with Gasteiger partial charge in [0.05, 0.1) is 19.4 Å². The normalized spacial score (nSPS) is 10.4. The molecule has 1 aromatic rings. The minimum Gasteiger partial charge on any atom is -0.465 e. The minimum absolute atomic E-state index is 0.00917. The van der Waals surface area contributed by atoms with Gasteiger partial charge in [-0.1, -0.05) is 6.07 Å². The summed E-state index contributed by atoms with van der Waals surface area (Å²) in [5.41, 5.74) is -0.310. The maximum Gasteiger partial charge on any atom is 0.349 e. The van der Waals surface area contributed by atoms with Gasteiger partial charge in [-0.3, -0.25) is 0 Å². The predicted molar refractivity (Wildman–Crippen MR) is 62.5 cm³/mol. The molecular weight excluding hydrogens is 241 g/mol. The van der Waals surface area contributed by atoms with Crippen LogP contribution in [-0.2, 0) is 14.3 Å². The fourth-order valence-electron chi connectivity index (χ4n) is 1.23. The number of rotatable bonds is 4. The first-order valence-electron chi connectivity index (χ1n) is 5.17. The van der Waals surface area contributed by atoms with Crippen LogP contribution in [0.15, 0.2) is 23.2 Å². The van der Waals surface area contributed by atoms with E-state index in [-0.39, 0.29) is 17.9 Å². The third kappa shape index (κ3) is 3.38. The second-order valence-electron chi connectivity index (χ2n) is 3.14. The van der Waals surface area contributed by atoms with Crippen molar-refractivity contribution in [1.82, 2.24) is 0 Å². The van der Waals surface area contributed by atoms with Gasteiger partial charge >= 0.3 is 11.9 Å². The van der Waals surface area contributed by atoms with Crippen LogP contribution in [0, 0.1) is 5.82 Å². The summed E-state index contributed by atoms with van der Waals surface area (Å²) in [4.78, 5) is 26.2. The zero-order chi connectivity index (χ0) is 13.5. The molecule has 5 nitrogen and oxygen atoms in total. The van der Waals surface area contributed by atoms with E-state index in [0.717, 1.165) is 19.4 Å². The summed E-state index contributed by atoms with van der Waals surface area (Å²) < 4.78 is 22.5. The number of methoxy groups -OCH3 is 1. The van der Waals surface area contributed by atoms with Crippen molar-refractivity contribution in [3.05, 3.63) is 29.6 Å². The maximum absolute atomic E-state index is 13.5. The lowest BCUT2D eigenvalue weighted by atomic mass is 10.1. The number of carbonyl (C=O) groups excluding carboxylic acids is 2. The summed E-state index contributed by atoms with van der Waals surface area (Å²) in [5, 5.41) is 0. The molecule has 0 saturated carbocycles. The summed E-state index contributed by atoms with van der Waals surface area (Å²) in [6, 6.07) is 3.88. The van der Waals surface area contributed by atoms with Crippen LogP contribution in [0.25, 0.3) is 0 Å². The number of ether oxygens (including phenoxy) is 2. The second-order valence-corrected chi connectivity index (χ2v) is 3.14. The lowest BCUT2D eigenvalue weighted by molar-refractivity contribution is -0.134. The number of benzene rings is 1. The van der Waals surface area contributed by atoms with Crippen LogP contribution in [0.5, 0.6) is 0 Å². The van der Waals surface area contributed by atoms with Crippen molar-refractivity contribution < 1.29 is 23.5 Å². The van der Waals surface area contributed by atoms with E-state index in [4.69, 9.17) is 0 Å². The molecule has 0 radical (unpaired) electrons. The maximum atomic E-state index is 13.5. The lowest BCUT2D eigenvalue weighted by Gasteiger charge is -2.04. The summed E-state index contributed by atoms with van der Waals surface area (Å²) in [7, 11) is 1.13. The smallest absolute Gasteiger partial charge is 0.349 e. The molecule has 0 aliphatic heterocycles. The van der Waals surface area contributed by atoms with Gasteiger partial charge in [0.1, 0.15) is 17.6 Å². The molecule has 0 bridgehead atoms. The van der Waals surface area contributed by atoms with Gasteiger partial charge in [0.2, 0.25) is 0 Å². The Morgan fingerprint density at radius 1 is 1.44 bits per heavy atom. The highest BCUT2D eigenvalue weighted by Crippen LogP contribution is 2.22. The summed E-state index contributed by atoms with van der Waals surface area (Å²) in [6.45, 7) is 1.85. The van der Waals surface area contributed by atoms with Gasteiger partial charge in [0.15, 0.2) is 0 Å². The largest absolute Gasteiger partial charge is 0.465 e. The first kappa shape index (κ1) is 13.8. The number of halogens is 1. The van der Waals surface area contributed by atoms with Gasteiger partial charge in [0, 0.05) is 0 Å². The molecule has 0 aromatic heterocycles. The Bertz CT molecular complexity index is 485. The quantitative estimate of drug-likeness (QED) is 0.607. The zero-order valence-corrected chi connectivity index (χ0v) is 9.97. The fraction of sp³-hybridized carbons (Fsp3) is 0.250. The molecule has 0 saturated heterocycles. The third-order valence-corrected chi connectivity index (χ3v) is 1.98. The Balaban J connectivity index is 3.05. The van der Waals surface area contributed by atoms with E-state index in [2.05, 4.69) is 14.5 Å². The summed E-state index contributed by atoms with van der Waals surface area (Å²) in [6.07, 6.45) is 0.880. The highest BCUT2D eigenvalue weighted by atomic mass is 19.1. The molecule has 1 aromatic carbocycles. The van der Waals surface area contributed by atoms with E-state index in [9.17, 15) is 14.0 Å². The molecular formula is C12H12FNO4. The van der Waals surface area contributed by atoms with Crippen molar-refractivity contribution in [2.45, 2.75) is 6.92 Å². The van der Waals surface area contributed by atoms with Gasteiger partial charge in [-0.2, -0.15) is 0 Å². The van der Waals surface area contributed by atoms with Crippen LogP contribution in [0.3, 0.4) is 0 Å². The first-order chi connectivity index (χ1) is 8.60. The molecule has 6 heteroatoms. The van der Waals surface area contributed by atoms with Crippen LogP contribution in [-0.4, -0.2) is 31.9 Å². The number of hydrogen-bond acceptors (Lipinski definition) is 5. The highest BCUT2D eigenvalue weighted by Gasteiger charge is 2.16. The number of aliphatic imine (C=N–C) groups is 1. The standard InChI is InChI=1S/C12H12FNO4/c1-3-18-10(15)7-14-9-6-4-5-8(13)11(9)12(16)17-2/h4-7H,3H2,1-2H3/b14-7-. The van der Waals surface area contributed by atoms with Crippen LogP contribution in [0.4, 0.5) is 10.1 Å². The van der Waals surface area contributed by atoms with Crippen molar-refractivity contribution in [3.8, 4) is 0 Å². The lowest BCUT2D eigenvalue weighted by Crippen LogP contribution is -2.07. The van der Waals surface area contributed by atoms with Crippen molar-refractivity contribution in [2.24, 2.45) is 4.99 Å². The minimum atomic E-state index is -0.857. The molecule has 1 rings (SSSR count). The van der Waals surface area contributed by atoms with Crippen molar-refractivity contribution in [2.75, 3.05) is 13.7 Å². The summed E-state index contributed by atoms with van der Waals surface area (Å²) in [5.74, 6) is -2.29. The van der Waals surface area contributed by atoms with E-state index in [1.807, 2.05) is 0 Å². The molecule has 0 fully saturated rings. The topological polar surface area (TPSA) is 65.0 Å². The van der Waals surface area contributed by atoms with Gasteiger partial charge in [-0.25, -0.2) is 19.0 Å². The van der Waals surface area contributed by atoms with Gasteiger partial charge in [-0.05, 0) is 19.1 Å². The summed E-state index contributed by atoms with van der Waals surface area (Å²) >= 11 is 0. The number of carbonyl (C=O) groups is 2. The molecule has 0 unspecified atom stereocenters. The van der Waals surface area contributed by atoms with E-state index < -0.39 is 17.8 Å². The van der Waals surface area contributed by atoms with Crippen LogP contribution in [0.2, 0.25) is 0 Å². The molecule has 0 aliphatic carbocycles. The van der Waals surface area contributed by atoms with Crippen molar-refractivity contribution in [1.29, 1.82) is 0 Å². The zero-order valence-electron chi connectivity index (χ0n) is 9.97. The molecule has 0 atom stereocenters. The monoisotopic (exact) mass is 253 g/mol.